The monoisotopic (exact) mass is 308 g/mol. The fourth-order valence-corrected chi connectivity index (χ4v) is 6.33. The Morgan fingerprint density at radius 3 is 2.96 bits per heavy atom. The molecule has 1 aromatic rings. The molecule has 1 saturated carbocycles. The first-order valence-corrected chi connectivity index (χ1v) is 8.45. The molecule has 0 aromatic heterocycles. The molecule has 3 heterocycles. The van der Waals surface area contributed by atoms with E-state index in [2.05, 4.69) is 17.9 Å². The molecule has 3 fully saturated rings. The summed E-state index contributed by atoms with van der Waals surface area (Å²) < 4.78 is 5.32. The third-order valence-corrected chi connectivity index (χ3v) is 6.98. The maximum absolute atomic E-state index is 13.3. The van der Waals surface area contributed by atoms with Gasteiger partial charge >= 0.3 is 0 Å². The normalized spacial score (nSPS) is 45.5. The van der Waals surface area contributed by atoms with E-state index in [1.165, 1.54) is 6.42 Å². The van der Waals surface area contributed by atoms with Gasteiger partial charge in [0.15, 0.2) is 5.78 Å². The second-order valence-electron chi connectivity index (χ2n) is 7.97. The molecular formula is C19H20N2O2. The van der Waals surface area contributed by atoms with Gasteiger partial charge in [0, 0.05) is 24.1 Å². The molecule has 3 aliphatic heterocycles. The minimum atomic E-state index is -0.501. The van der Waals surface area contributed by atoms with E-state index in [0.29, 0.717) is 0 Å². The summed E-state index contributed by atoms with van der Waals surface area (Å²) in [6, 6.07) is 8.48. The zero-order chi connectivity index (χ0) is 16.0. The number of fused-ring (bicyclic) bond motifs is 2. The highest BCUT2D eigenvalue weighted by Gasteiger charge is 2.74. The van der Waals surface area contributed by atoms with Crippen LogP contribution >= 0.6 is 0 Å². The molecule has 1 unspecified atom stereocenters. The van der Waals surface area contributed by atoms with Gasteiger partial charge in [-0.05, 0) is 36.0 Å². The van der Waals surface area contributed by atoms with Crippen molar-refractivity contribution < 1.29 is 9.53 Å². The van der Waals surface area contributed by atoms with Crippen molar-refractivity contribution in [1.82, 2.24) is 4.90 Å². The molecule has 4 bridgehead atoms. The van der Waals surface area contributed by atoms with Gasteiger partial charge in [-0.1, -0.05) is 19.4 Å². The number of methoxy groups -OCH3 is 1. The predicted molar refractivity (Wildman–Crippen MR) is 84.1 cm³/mol. The third-order valence-electron chi connectivity index (χ3n) is 6.98. The van der Waals surface area contributed by atoms with E-state index in [1.807, 2.05) is 18.2 Å². The smallest absolute Gasteiger partial charge is 0.182 e. The molecule has 23 heavy (non-hydrogen) atoms. The molecule has 0 amide bonds. The molecule has 4 nitrogen and oxygen atoms in total. The average molecular weight is 308 g/mol. The minimum absolute atomic E-state index is 0.128. The van der Waals surface area contributed by atoms with Gasteiger partial charge in [-0.2, -0.15) is 5.26 Å². The van der Waals surface area contributed by atoms with Crippen molar-refractivity contribution in [3.63, 3.8) is 0 Å². The van der Waals surface area contributed by atoms with Crippen LogP contribution in [-0.2, 0) is 0 Å². The number of rotatable bonds is 1. The average Bonchev–Trinajstić information content (AvgIpc) is 2.99. The van der Waals surface area contributed by atoms with E-state index in [1.54, 1.807) is 7.11 Å². The molecule has 1 aromatic carbocycles. The highest BCUT2D eigenvalue weighted by atomic mass is 16.5. The molecular weight excluding hydrogens is 288 g/mol. The number of nitriles is 1. The van der Waals surface area contributed by atoms with Crippen LogP contribution in [-0.4, -0.2) is 30.4 Å². The topological polar surface area (TPSA) is 53.3 Å². The van der Waals surface area contributed by atoms with Gasteiger partial charge in [-0.25, -0.2) is 0 Å². The van der Waals surface area contributed by atoms with Crippen molar-refractivity contribution >= 4 is 5.78 Å². The highest BCUT2D eigenvalue weighted by molar-refractivity contribution is 6.05. The standard InChI is InChI=1S/C19H20N2O2/c1-18-6-3-7-19(9-20)16(18)14-12-5-4-11(23-2)8-13(12)15(22)17(19)21(14)10-18/h4-5,8,14,16-17H,3,6-7,10H2,1-2H3/t14-,16+,17+,18-,19+/m0/s1. The fourth-order valence-electron chi connectivity index (χ4n) is 6.33. The Hall–Kier alpha value is -1.86. The van der Waals surface area contributed by atoms with E-state index < -0.39 is 5.41 Å². The number of hydrogen-bond donors (Lipinski definition) is 0. The van der Waals surface area contributed by atoms with Crippen molar-refractivity contribution in [2.75, 3.05) is 13.7 Å². The maximum Gasteiger partial charge on any atom is 0.182 e. The number of hydrogen-bond acceptors (Lipinski definition) is 4. The molecule has 2 saturated heterocycles. The quantitative estimate of drug-likeness (QED) is 0.800. The van der Waals surface area contributed by atoms with Crippen LogP contribution in [0.1, 0.15) is 48.1 Å². The largest absolute Gasteiger partial charge is 0.497 e. The summed E-state index contributed by atoms with van der Waals surface area (Å²) in [5.74, 6) is 1.13. The van der Waals surface area contributed by atoms with Crippen LogP contribution in [0.5, 0.6) is 5.75 Å². The number of carbonyl (C=O) groups is 1. The molecule has 118 valence electrons. The van der Waals surface area contributed by atoms with Crippen molar-refractivity contribution in [1.29, 1.82) is 5.26 Å². The molecule has 0 radical (unpaired) electrons. The van der Waals surface area contributed by atoms with Crippen LogP contribution in [0.4, 0.5) is 0 Å². The van der Waals surface area contributed by atoms with Gasteiger partial charge in [0.1, 0.15) is 5.75 Å². The Labute approximate surface area is 136 Å². The first-order chi connectivity index (χ1) is 11.1. The summed E-state index contributed by atoms with van der Waals surface area (Å²) in [4.78, 5) is 15.6. The van der Waals surface area contributed by atoms with Crippen LogP contribution in [0, 0.1) is 28.1 Å². The van der Waals surface area contributed by atoms with Crippen molar-refractivity contribution in [3.05, 3.63) is 29.3 Å². The lowest BCUT2D eigenvalue weighted by Crippen LogP contribution is -2.57. The maximum atomic E-state index is 13.3. The number of piperidine rings is 1. The number of Topliss-reactive ketones (excluding diaryl/α,β-unsaturated/α-hetero) is 1. The van der Waals surface area contributed by atoms with Gasteiger partial charge in [0.2, 0.25) is 0 Å². The van der Waals surface area contributed by atoms with Gasteiger partial charge in [0.05, 0.1) is 24.6 Å². The molecule has 4 heteroatoms. The van der Waals surface area contributed by atoms with Crippen molar-refractivity contribution in [3.8, 4) is 11.8 Å². The molecule has 4 aliphatic rings. The lowest BCUT2D eigenvalue weighted by atomic mass is 9.53. The van der Waals surface area contributed by atoms with Gasteiger partial charge in [0.25, 0.3) is 0 Å². The second-order valence-corrected chi connectivity index (χ2v) is 7.97. The van der Waals surface area contributed by atoms with Crippen LogP contribution in [0.15, 0.2) is 18.2 Å². The van der Waals surface area contributed by atoms with Gasteiger partial charge < -0.3 is 4.74 Å². The van der Waals surface area contributed by atoms with E-state index >= 15 is 0 Å². The van der Waals surface area contributed by atoms with Crippen LogP contribution in [0.3, 0.4) is 0 Å². The van der Waals surface area contributed by atoms with Gasteiger partial charge in [-0.15, -0.1) is 0 Å². The van der Waals surface area contributed by atoms with Crippen LogP contribution in [0.25, 0.3) is 0 Å². The van der Waals surface area contributed by atoms with Crippen LogP contribution < -0.4 is 4.74 Å². The molecule has 0 N–H and O–H groups in total. The lowest BCUT2D eigenvalue weighted by molar-refractivity contribution is -0.00202. The number of ether oxygens (including phenoxy) is 1. The van der Waals surface area contributed by atoms with Crippen molar-refractivity contribution in [2.24, 2.45) is 16.7 Å². The second kappa shape index (κ2) is 3.96. The molecule has 1 aliphatic carbocycles. The molecule has 5 rings (SSSR count). The SMILES string of the molecule is COc1ccc2c(c1)C(=O)[C@H]1N3C[C@]4(C)CCC[C@@]1(C#N)[C@@H]4[C@H]23. The Bertz CT molecular complexity index is 782. The molecule has 0 spiro atoms. The summed E-state index contributed by atoms with van der Waals surface area (Å²) in [7, 11) is 1.63. The summed E-state index contributed by atoms with van der Waals surface area (Å²) in [6.45, 7) is 3.28. The zero-order valence-corrected chi connectivity index (χ0v) is 13.5. The van der Waals surface area contributed by atoms with Gasteiger partial charge in [-0.3, -0.25) is 9.69 Å². The Kier molecular flexibility index (Phi) is 2.34. The van der Waals surface area contributed by atoms with E-state index in [-0.39, 0.29) is 29.2 Å². The van der Waals surface area contributed by atoms with E-state index in [4.69, 9.17) is 4.74 Å². The fraction of sp³-hybridized carbons (Fsp3) is 0.579. The highest BCUT2D eigenvalue weighted by Crippen LogP contribution is 2.72. The number of ketones is 1. The molecule has 6 atom stereocenters. The van der Waals surface area contributed by atoms with E-state index in [0.717, 1.165) is 36.3 Å². The van der Waals surface area contributed by atoms with E-state index in [9.17, 15) is 10.1 Å². The van der Waals surface area contributed by atoms with Crippen molar-refractivity contribution in [2.45, 2.75) is 38.3 Å². The minimum Gasteiger partial charge on any atom is -0.497 e. The lowest BCUT2D eigenvalue weighted by Gasteiger charge is -2.50. The predicted octanol–water partition coefficient (Wildman–Crippen LogP) is 2.95. The number of carbonyl (C=O) groups excluding carboxylic acids is 1. The Balaban J connectivity index is 1.78. The number of benzene rings is 1. The Morgan fingerprint density at radius 2 is 2.22 bits per heavy atom. The first kappa shape index (κ1) is 13.6. The first-order valence-electron chi connectivity index (χ1n) is 8.45. The summed E-state index contributed by atoms with van der Waals surface area (Å²) in [5, 5.41) is 10.1. The third kappa shape index (κ3) is 1.31. The zero-order valence-electron chi connectivity index (χ0n) is 13.5. The number of nitrogens with zero attached hydrogens (tertiary/aromatic N) is 2. The Morgan fingerprint density at radius 1 is 1.39 bits per heavy atom. The summed E-state index contributed by atoms with van der Waals surface area (Å²) in [6.07, 6.45) is 3.09. The summed E-state index contributed by atoms with van der Waals surface area (Å²) in [5.41, 5.74) is 1.56. The summed E-state index contributed by atoms with van der Waals surface area (Å²) >= 11 is 0. The van der Waals surface area contributed by atoms with Crippen LogP contribution in [0.2, 0.25) is 0 Å².